The molecule has 3 aromatic heterocycles. The Balaban J connectivity index is 1.12. The number of halogens is 2. The fraction of sp³-hybridized carbons (Fsp3) is 0.314. The summed E-state index contributed by atoms with van der Waals surface area (Å²) in [5.74, 6) is 0.617. The summed E-state index contributed by atoms with van der Waals surface area (Å²) in [5.41, 5.74) is 6.42. The Morgan fingerprint density at radius 3 is 2.57 bits per heavy atom. The highest BCUT2D eigenvalue weighted by molar-refractivity contribution is 6.39. The van der Waals surface area contributed by atoms with Crippen LogP contribution in [0.25, 0.3) is 39.1 Å². The number of rotatable bonds is 11. The van der Waals surface area contributed by atoms with Crippen LogP contribution in [-0.2, 0) is 22.6 Å². The van der Waals surface area contributed by atoms with Gasteiger partial charge in [-0.3, -0.25) is 9.69 Å². The molecule has 0 bridgehead atoms. The quantitative estimate of drug-likeness (QED) is 0.185. The largest absolute Gasteiger partial charge is 0.481 e. The summed E-state index contributed by atoms with van der Waals surface area (Å²) >= 11 is 14.2. The van der Waals surface area contributed by atoms with Crippen LogP contribution in [-0.4, -0.2) is 76.6 Å². The van der Waals surface area contributed by atoms with E-state index in [2.05, 4.69) is 26.6 Å². The minimum Gasteiger partial charge on any atom is -0.481 e. The van der Waals surface area contributed by atoms with Crippen LogP contribution in [0.4, 0.5) is 0 Å². The highest BCUT2D eigenvalue weighted by atomic mass is 35.5. The van der Waals surface area contributed by atoms with Crippen LogP contribution in [0.2, 0.25) is 10.0 Å². The van der Waals surface area contributed by atoms with Crippen LogP contribution in [0.15, 0.2) is 67.0 Å². The highest BCUT2D eigenvalue weighted by Gasteiger charge is 2.26. The fourth-order valence-corrected chi connectivity index (χ4v) is 6.85. The number of carbonyl (C=O) groups excluding carboxylic acids is 1. The van der Waals surface area contributed by atoms with E-state index in [4.69, 9.17) is 42.8 Å². The molecule has 2 aliphatic rings. The van der Waals surface area contributed by atoms with Crippen LogP contribution in [0.3, 0.4) is 0 Å². The molecule has 12 heteroatoms. The Labute approximate surface area is 283 Å². The summed E-state index contributed by atoms with van der Waals surface area (Å²) in [6.07, 6.45) is 5.57. The Morgan fingerprint density at radius 1 is 1.02 bits per heavy atom. The summed E-state index contributed by atoms with van der Waals surface area (Å²) in [5, 5.41) is 13.1. The smallest absolute Gasteiger partial charge is 0.220 e. The van der Waals surface area contributed by atoms with E-state index in [0.717, 1.165) is 64.9 Å². The van der Waals surface area contributed by atoms with Gasteiger partial charge in [-0.1, -0.05) is 59.6 Å². The molecule has 0 saturated carbocycles. The molecule has 10 nitrogen and oxygen atoms in total. The van der Waals surface area contributed by atoms with Gasteiger partial charge in [0.05, 0.1) is 34.6 Å². The number of fused-ring (bicyclic) bond motifs is 1. The number of hydrogen-bond acceptors (Lipinski definition) is 8. The molecule has 0 unspecified atom stereocenters. The topological polar surface area (TPSA) is 106 Å². The molecule has 242 valence electrons. The molecule has 5 heterocycles. The van der Waals surface area contributed by atoms with Gasteiger partial charge in [0.1, 0.15) is 0 Å². The Hall–Kier alpha value is -4.06. The van der Waals surface area contributed by atoms with Crippen molar-refractivity contribution in [1.82, 2.24) is 35.3 Å². The van der Waals surface area contributed by atoms with Crippen molar-refractivity contribution in [3.63, 3.8) is 0 Å². The van der Waals surface area contributed by atoms with Crippen LogP contribution in [0.1, 0.15) is 24.0 Å². The molecule has 1 amide bonds. The van der Waals surface area contributed by atoms with Gasteiger partial charge in [-0.05, 0) is 30.2 Å². The van der Waals surface area contributed by atoms with Gasteiger partial charge in [0, 0.05) is 92.3 Å². The Morgan fingerprint density at radius 2 is 1.81 bits per heavy atom. The van der Waals surface area contributed by atoms with Gasteiger partial charge in [-0.25, -0.2) is 14.6 Å². The van der Waals surface area contributed by atoms with Crippen LogP contribution >= 0.6 is 23.2 Å². The fourth-order valence-electron chi connectivity index (χ4n) is 6.21. The molecule has 2 fully saturated rings. The maximum Gasteiger partial charge on any atom is 0.220 e. The second kappa shape index (κ2) is 13.6. The summed E-state index contributed by atoms with van der Waals surface area (Å²) in [7, 11) is 3.36. The lowest BCUT2D eigenvalue weighted by molar-refractivity contribution is -0.119. The third-order valence-electron chi connectivity index (χ3n) is 8.79. The summed E-state index contributed by atoms with van der Waals surface area (Å²) in [6, 6.07) is 17.9. The summed E-state index contributed by atoms with van der Waals surface area (Å²) in [4.78, 5) is 23.2. The third kappa shape index (κ3) is 6.57. The number of amides is 1. The molecular weight excluding hydrogens is 637 g/mol. The SMILES string of the molecule is COc1nc(-c2cccc(-c3cccc(-n4cc5cc(CN6CC(OC)C6)cnc5n4)c3Cl)c2Cl)ccc1CNC[C@@H]1CCC(=O)N1. The number of methoxy groups -OCH3 is 2. The summed E-state index contributed by atoms with van der Waals surface area (Å²) in [6.45, 7) is 3.92. The molecule has 0 radical (unpaired) electrons. The molecule has 2 saturated heterocycles. The minimum atomic E-state index is 0.105. The normalized spacial score (nSPS) is 16.9. The monoisotopic (exact) mass is 671 g/mol. The predicted molar refractivity (Wildman–Crippen MR) is 183 cm³/mol. The molecule has 0 spiro atoms. The van der Waals surface area contributed by atoms with Crippen molar-refractivity contribution >= 4 is 40.1 Å². The first-order valence-electron chi connectivity index (χ1n) is 15.6. The van der Waals surface area contributed by atoms with E-state index in [0.29, 0.717) is 52.9 Å². The average Bonchev–Trinajstić information content (AvgIpc) is 3.68. The van der Waals surface area contributed by atoms with Crippen molar-refractivity contribution in [2.45, 2.75) is 38.1 Å². The first-order chi connectivity index (χ1) is 22.9. The molecule has 0 aliphatic carbocycles. The van der Waals surface area contributed by atoms with Crippen LogP contribution in [0.5, 0.6) is 5.88 Å². The second-order valence-electron chi connectivity index (χ2n) is 12.0. The average molecular weight is 673 g/mol. The highest BCUT2D eigenvalue weighted by Crippen LogP contribution is 2.41. The lowest BCUT2D eigenvalue weighted by Crippen LogP contribution is -2.50. The Bertz CT molecular complexity index is 1940. The van der Waals surface area contributed by atoms with Gasteiger partial charge in [-0.2, -0.15) is 0 Å². The van der Waals surface area contributed by atoms with E-state index in [1.54, 1.807) is 18.9 Å². The van der Waals surface area contributed by atoms with Crippen LogP contribution in [0, 0.1) is 0 Å². The van der Waals surface area contributed by atoms with Gasteiger partial charge in [0.15, 0.2) is 5.65 Å². The molecule has 1 atom stereocenters. The zero-order valence-electron chi connectivity index (χ0n) is 26.2. The number of hydrogen-bond donors (Lipinski definition) is 2. The molecular formula is C35H35Cl2N7O3. The zero-order chi connectivity index (χ0) is 32.5. The number of likely N-dealkylation sites (tertiary alicyclic amines) is 1. The maximum atomic E-state index is 11.5. The predicted octanol–water partition coefficient (Wildman–Crippen LogP) is 5.66. The number of carbonyl (C=O) groups is 1. The van der Waals surface area contributed by atoms with Crippen molar-refractivity contribution in [2.24, 2.45) is 0 Å². The maximum absolute atomic E-state index is 11.5. The zero-order valence-corrected chi connectivity index (χ0v) is 27.7. The first-order valence-corrected chi connectivity index (χ1v) is 16.4. The number of aromatic nitrogens is 4. The van der Waals surface area contributed by atoms with E-state index in [9.17, 15) is 4.79 Å². The number of benzene rings is 2. The van der Waals surface area contributed by atoms with E-state index in [1.807, 2.05) is 60.9 Å². The summed E-state index contributed by atoms with van der Waals surface area (Å²) < 4.78 is 12.8. The molecule has 7 rings (SSSR count). The number of ether oxygens (including phenoxy) is 2. The second-order valence-corrected chi connectivity index (χ2v) is 12.7. The molecule has 2 aromatic carbocycles. The van der Waals surface area contributed by atoms with Gasteiger partial charge >= 0.3 is 0 Å². The van der Waals surface area contributed by atoms with E-state index >= 15 is 0 Å². The number of nitrogens with zero attached hydrogens (tertiary/aromatic N) is 5. The van der Waals surface area contributed by atoms with Gasteiger partial charge in [-0.15, -0.1) is 5.10 Å². The van der Waals surface area contributed by atoms with Crippen molar-refractivity contribution in [3.8, 4) is 34.0 Å². The third-order valence-corrected chi connectivity index (χ3v) is 9.60. The first kappa shape index (κ1) is 31.5. The van der Waals surface area contributed by atoms with Crippen molar-refractivity contribution in [2.75, 3.05) is 33.9 Å². The number of nitrogens with one attached hydrogen (secondary N) is 2. The molecule has 2 aliphatic heterocycles. The molecule has 5 aromatic rings. The van der Waals surface area contributed by atoms with Gasteiger partial charge in [0.25, 0.3) is 0 Å². The van der Waals surface area contributed by atoms with Crippen molar-refractivity contribution in [3.05, 3.63) is 88.2 Å². The van der Waals surface area contributed by atoms with Gasteiger partial charge in [0.2, 0.25) is 11.8 Å². The van der Waals surface area contributed by atoms with E-state index in [1.165, 1.54) is 0 Å². The van der Waals surface area contributed by atoms with E-state index < -0.39 is 0 Å². The lowest BCUT2D eigenvalue weighted by Gasteiger charge is -2.38. The lowest BCUT2D eigenvalue weighted by atomic mass is 10.00. The number of pyridine rings is 2. The van der Waals surface area contributed by atoms with E-state index in [-0.39, 0.29) is 11.9 Å². The van der Waals surface area contributed by atoms with Crippen LogP contribution < -0.4 is 15.4 Å². The molecule has 47 heavy (non-hydrogen) atoms. The van der Waals surface area contributed by atoms with Crippen molar-refractivity contribution < 1.29 is 14.3 Å². The Kier molecular flexibility index (Phi) is 9.11. The van der Waals surface area contributed by atoms with Gasteiger partial charge < -0.3 is 20.1 Å². The van der Waals surface area contributed by atoms with Crippen molar-refractivity contribution in [1.29, 1.82) is 0 Å². The standard InChI is InChI=1S/C35H35Cl2N7O3/c1-46-25-19-43(20-25)17-21-13-23-18-44(42-34(23)39-14-21)30-8-4-6-27(33(30)37)26-5-3-7-28(32(26)36)29-11-9-22(35(41-29)47-2)15-38-16-24-10-12-31(45)40-24/h3-9,11,13-14,18,24-25,38H,10,12,15-17,19-20H2,1-2H3,(H,40,45)/t24-/m0/s1. The molecule has 2 N–H and O–H groups in total. The minimum absolute atomic E-state index is 0.105.